The van der Waals surface area contributed by atoms with Crippen LogP contribution in [0.4, 0.5) is 0 Å². The Morgan fingerprint density at radius 2 is 2.04 bits per heavy atom. The van der Waals surface area contributed by atoms with E-state index in [2.05, 4.69) is 4.98 Å². The van der Waals surface area contributed by atoms with Gasteiger partial charge in [0.25, 0.3) is 5.91 Å². The summed E-state index contributed by atoms with van der Waals surface area (Å²) in [6.07, 6.45) is 0.505. The first kappa shape index (κ1) is 15.6. The Bertz CT molecular complexity index is 778. The Labute approximate surface area is 135 Å². The fourth-order valence-electron chi connectivity index (χ4n) is 3.43. The number of carboxylic acid groups (broad SMARTS) is 1. The molecule has 1 aromatic heterocycles. The van der Waals surface area contributed by atoms with Crippen LogP contribution in [-0.2, 0) is 4.79 Å². The van der Waals surface area contributed by atoms with Crippen molar-refractivity contribution in [2.24, 2.45) is 11.3 Å². The van der Waals surface area contributed by atoms with Crippen molar-refractivity contribution in [1.82, 2.24) is 9.88 Å². The van der Waals surface area contributed by atoms with Crippen molar-refractivity contribution in [3.63, 3.8) is 0 Å². The highest BCUT2D eigenvalue weighted by Crippen LogP contribution is 2.38. The van der Waals surface area contributed by atoms with Crippen LogP contribution in [0.5, 0.6) is 0 Å². The highest BCUT2D eigenvalue weighted by Gasteiger charge is 2.48. The number of aromatic amines is 1. The lowest BCUT2D eigenvalue weighted by Gasteiger charge is -2.28. The molecule has 2 aromatic rings. The smallest absolute Gasteiger partial charge is 0.311 e. The SMILES string of the molecule is Cc1ccc2cc(C(=O)N3CCC(C(=O)O)(C(C)C)C3)[nH]c2c1. The lowest BCUT2D eigenvalue weighted by Crippen LogP contribution is -2.40. The number of nitrogens with one attached hydrogen (secondary N) is 1. The fourth-order valence-corrected chi connectivity index (χ4v) is 3.43. The number of H-pyrrole nitrogens is 1. The summed E-state index contributed by atoms with van der Waals surface area (Å²) in [7, 11) is 0. The first-order chi connectivity index (χ1) is 10.8. The van der Waals surface area contributed by atoms with Gasteiger partial charge in [-0.3, -0.25) is 9.59 Å². The van der Waals surface area contributed by atoms with E-state index in [4.69, 9.17) is 0 Å². The fraction of sp³-hybridized carbons (Fsp3) is 0.444. The number of fused-ring (bicyclic) bond motifs is 1. The largest absolute Gasteiger partial charge is 0.481 e. The van der Waals surface area contributed by atoms with Crippen LogP contribution in [0.15, 0.2) is 24.3 Å². The van der Waals surface area contributed by atoms with E-state index in [0.29, 0.717) is 18.7 Å². The molecule has 0 radical (unpaired) electrons. The summed E-state index contributed by atoms with van der Waals surface area (Å²) in [5.74, 6) is -0.944. The number of carbonyl (C=O) groups excluding carboxylic acids is 1. The van der Waals surface area contributed by atoms with Gasteiger partial charge in [0, 0.05) is 24.0 Å². The molecule has 2 heterocycles. The van der Waals surface area contributed by atoms with Crippen molar-refractivity contribution in [2.45, 2.75) is 27.2 Å². The van der Waals surface area contributed by atoms with Gasteiger partial charge in [-0.25, -0.2) is 0 Å². The van der Waals surface area contributed by atoms with Gasteiger partial charge in [0.2, 0.25) is 0 Å². The maximum atomic E-state index is 12.7. The zero-order chi connectivity index (χ0) is 16.8. The van der Waals surface area contributed by atoms with Gasteiger partial charge in [0.15, 0.2) is 0 Å². The van der Waals surface area contributed by atoms with Gasteiger partial charge < -0.3 is 15.0 Å². The molecule has 122 valence electrons. The van der Waals surface area contributed by atoms with Gasteiger partial charge in [-0.2, -0.15) is 0 Å². The Morgan fingerprint density at radius 3 is 2.65 bits per heavy atom. The molecule has 5 heteroatoms. The highest BCUT2D eigenvalue weighted by molar-refractivity contribution is 5.98. The van der Waals surface area contributed by atoms with E-state index in [-0.39, 0.29) is 18.4 Å². The number of hydrogen-bond acceptors (Lipinski definition) is 2. The number of aryl methyl sites for hydroxylation is 1. The number of aliphatic carboxylic acids is 1. The second-order valence-electron chi connectivity index (χ2n) is 6.87. The van der Waals surface area contributed by atoms with Crippen molar-refractivity contribution in [1.29, 1.82) is 0 Å². The average Bonchev–Trinajstić information content (AvgIpc) is 3.10. The lowest BCUT2D eigenvalue weighted by atomic mass is 9.76. The van der Waals surface area contributed by atoms with Crippen LogP contribution in [0.25, 0.3) is 10.9 Å². The van der Waals surface area contributed by atoms with Crippen LogP contribution >= 0.6 is 0 Å². The third kappa shape index (κ3) is 2.50. The minimum Gasteiger partial charge on any atom is -0.481 e. The molecule has 1 atom stereocenters. The maximum absolute atomic E-state index is 12.7. The molecule has 3 rings (SSSR count). The van der Waals surface area contributed by atoms with Crippen molar-refractivity contribution < 1.29 is 14.7 Å². The Kier molecular flexibility index (Phi) is 3.66. The number of likely N-dealkylation sites (tertiary alicyclic amines) is 1. The minimum atomic E-state index is -0.835. The zero-order valence-corrected chi connectivity index (χ0v) is 13.7. The number of aromatic nitrogens is 1. The number of carboxylic acids is 1. The molecule has 1 saturated heterocycles. The zero-order valence-electron chi connectivity index (χ0n) is 13.7. The Morgan fingerprint density at radius 1 is 1.30 bits per heavy atom. The van der Waals surface area contributed by atoms with E-state index in [1.165, 1.54) is 0 Å². The Hall–Kier alpha value is -2.30. The van der Waals surface area contributed by atoms with Gasteiger partial charge in [0.05, 0.1) is 5.41 Å². The average molecular weight is 314 g/mol. The predicted octanol–water partition coefficient (Wildman–Crippen LogP) is 3.05. The molecule has 1 aliphatic heterocycles. The molecule has 2 N–H and O–H groups in total. The minimum absolute atomic E-state index is 0.0110. The van der Waals surface area contributed by atoms with E-state index in [1.54, 1.807) is 4.90 Å². The van der Waals surface area contributed by atoms with Gasteiger partial charge in [-0.1, -0.05) is 26.0 Å². The van der Waals surface area contributed by atoms with Crippen LogP contribution in [0.3, 0.4) is 0 Å². The van der Waals surface area contributed by atoms with Crippen molar-refractivity contribution in [3.05, 3.63) is 35.5 Å². The van der Waals surface area contributed by atoms with E-state index in [1.807, 2.05) is 45.0 Å². The van der Waals surface area contributed by atoms with Crippen molar-refractivity contribution >= 4 is 22.8 Å². The number of amides is 1. The predicted molar refractivity (Wildman–Crippen MR) is 88.5 cm³/mol. The van der Waals surface area contributed by atoms with Crippen molar-refractivity contribution in [3.8, 4) is 0 Å². The van der Waals surface area contributed by atoms with Gasteiger partial charge >= 0.3 is 5.97 Å². The molecule has 0 saturated carbocycles. The number of nitrogens with zero attached hydrogens (tertiary/aromatic N) is 1. The molecule has 1 unspecified atom stereocenters. The molecule has 1 aliphatic rings. The van der Waals surface area contributed by atoms with Crippen molar-refractivity contribution in [2.75, 3.05) is 13.1 Å². The summed E-state index contributed by atoms with van der Waals surface area (Å²) in [5.41, 5.74) is 1.75. The first-order valence-electron chi connectivity index (χ1n) is 7.95. The normalized spacial score (nSPS) is 21.3. The van der Waals surface area contributed by atoms with Crippen LogP contribution in [0.1, 0.15) is 36.3 Å². The maximum Gasteiger partial charge on any atom is 0.311 e. The third-order valence-corrected chi connectivity index (χ3v) is 5.13. The van der Waals surface area contributed by atoms with Crippen LogP contribution in [0.2, 0.25) is 0 Å². The highest BCUT2D eigenvalue weighted by atomic mass is 16.4. The molecular formula is C18H22N2O3. The van der Waals surface area contributed by atoms with E-state index in [9.17, 15) is 14.7 Å². The van der Waals surface area contributed by atoms with E-state index in [0.717, 1.165) is 16.5 Å². The number of hydrogen-bond donors (Lipinski definition) is 2. The number of rotatable bonds is 3. The molecule has 23 heavy (non-hydrogen) atoms. The quantitative estimate of drug-likeness (QED) is 0.914. The van der Waals surface area contributed by atoms with E-state index >= 15 is 0 Å². The number of benzene rings is 1. The molecule has 0 bridgehead atoms. The second-order valence-corrected chi connectivity index (χ2v) is 6.87. The molecule has 1 fully saturated rings. The summed E-state index contributed by atoms with van der Waals surface area (Å²) in [5, 5.41) is 10.6. The monoisotopic (exact) mass is 314 g/mol. The topological polar surface area (TPSA) is 73.4 Å². The standard InChI is InChI=1S/C18H22N2O3/c1-11(2)18(17(22)23)6-7-20(10-18)16(21)15-9-13-5-4-12(3)8-14(13)19-15/h4-5,8-9,11,19H,6-7,10H2,1-3H3,(H,22,23). The first-order valence-corrected chi connectivity index (χ1v) is 7.95. The summed E-state index contributed by atoms with van der Waals surface area (Å²) >= 11 is 0. The van der Waals surface area contributed by atoms with Gasteiger partial charge in [-0.05, 0) is 37.0 Å². The molecule has 5 nitrogen and oxygen atoms in total. The summed E-state index contributed by atoms with van der Waals surface area (Å²) < 4.78 is 0. The summed E-state index contributed by atoms with van der Waals surface area (Å²) in [4.78, 5) is 29.3. The third-order valence-electron chi connectivity index (χ3n) is 5.13. The Balaban J connectivity index is 1.87. The van der Waals surface area contributed by atoms with Gasteiger partial charge in [-0.15, -0.1) is 0 Å². The number of carbonyl (C=O) groups is 2. The molecule has 0 spiro atoms. The second kappa shape index (κ2) is 5.41. The van der Waals surface area contributed by atoms with Gasteiger partial charge in [0.1, 0.15) is 5.69 Å². The molecule has 0 aliphatic carbocycles. The summed E-state index contributed by atoms with van der Waals surface area (Å²) in [6.45, 7) is 6.58. The summed E-state index contributed by atoms with van der Waals surface area (Å²) in [6, 6.07) is 7.84. The molecular weight excluding hydrogens is 292 g/mol. The van der Waals surface area contributed by atoms with Crippen LogP contribution in [0, 0.1) is 18.3 Å². The van der Waals surface area contributed by atoms with Crippen LogP contribution < -0.4 is 0 Å². The lowest BCUT2D eigenvalue weighted by molar-refractivity contribution is -0.150. The molecule has 1 amide bonds. The molecule has 1 aromatic carbocycles. The van der Waals surface area contributed by atoms with E-state index < -0.39 is 11.4 Å². The van der Waals surface area contributed by atoms with Crippen LogP contribution in [-0.4, -0.2) is 40.0 Å².